The predicted octanol–water partition coefficient (Wildman–Crippen LogP) is 10.7. The summed E-state index contributed by atoms with van der Waals surface area (Å²) in [7, 11) is 0. The van der Waals surface area contributed by atoms with Gasteiger partial charge in [0.25, 0.3) is 0 Å². The first-order valence-corrected chi connectivity index (χ1v) is 15.9. The highest BCUT2D eigenvalue weighted by Gasteiger charge is 2.24. The Morgan fingerprint density at radius 2 is 0.625 bits per heavy atom. The minimum absolute atomic E-state index is 0.218. The highest BCUT2D eigenvalue weighted by molar-refractivity contribution is 5.70. The van der Waals surface area contributed by atoms with Gasteiger partial charge in [-0.1, -0.05) is 125 Å². The van der Waals surface area contributed by atoms with E-state index in [0.29, 0.717) is 11.5 Å². The van der Waals surface area contributed by atoms with Gasteiger partial charge >= 0.3 is 6.16 Å². The SMILES string of the molecule is CC(C)(c1ccc(O)cc1)c1ccc(-c2ccc(OC(=O)Oc3ccc(-c4ccc(C(C)(C)c5ccc(O)cc5)cc4)cc3)cc2)cc1. The quantitative estimate of drug-likeness (QED) is 0.129. The topological polar surface area (TPSA) is 76.0 Å². The van der Waals surface area contributed by atoms with Crippen molar-refractivity contribution in [3.05, 3.63) is 168 Å². The maximum atomic E-state index is 12.6. The standard InChI is InChI=1S/C43H38O5/c1-42(2,35-17-21-37(44)22-18-35)33-13-5-29(6-14-33)31-9-25-39(26-10-31)47-41(46)48-40-27-11-32(12-28-40)30-7-15-34(16-8-30)43(3,4)36-19-23-38(45)24-20-36/h5-28,44-45H,1-4H3. The molecule has 0 atom stereocenters. The van der Waals surface area contributed by atoms with Crippen LogP contribution in [0.5, 0.6) is 23.0 Å². The molecule has 240 valence electrons. The molecule has 6 aromatic rings. The molecular weight excluding hydrogens is 596 g/mol. The fourth-order valence-corrected chi connectivity index (χ4v) is 5.89. The summed E-state index contributed by atoms with van der Waals surface area (Å²) in [5.41, 5.74) is 8.22. The summed E-state index contributed by atoms with van der Waals surface area (Å²) < 4.78 is 10.9. The molecule has 0 saturated carbocycles. The molecule has 5 heteroatoms. The van der Waals surface area contributed by atoms with E-state index in [1.54, 1.807) is 48.5 Å². The molecule has 0 aliphatic heterocycles. The zero-order valence-corrected chi connectivity index (χ0v) is 27.5. The van der Waals surface area contributed by atoms with Crippen LogP contribution >= 0.6 is 0 Å². The average molecular weight is 635 g/mol. The summed E-state index contributed by atoms with van der Waals surface area (Å²) in [6.07, 6.45) is -0.808. The Kier molecular flexibility index (Phi) is 8.79. The van der Waals surface area contributed by atoms with Gasteiger partial charge in [0.2, 0.25) is 0 Å². The molecule has 0 aromatic heterocycles. The summed E-state index contributed by atoms with van der Waals surface area (Å²) >= 11 is 0. The lowest BCUT2D eigenvalue weighted by atomic mass is 9.78. The molecule has 0 saturated heterocycles. The van der Waals surface area contributed by atoms with E-state index in [0.717, 1.165) is 44.5 Å². The molecule has 5 nitrogen and oxygen atoms in total. The van der Waals surface area contributed by atoms with E-state index < -0.39 is 6.16 Å². The van der Waals surface area contributed by atoms with E-state index in [1.807, 2.05) is 48.5 Å². The van der Waals surface area contributed by atoms with Gasteiger partial charge in [-0.15, -0.1) is 0 Å². The molecule has 0 radical (unpaired) electrons. The summed E-state index contributed by atoms with van der Waals surface area (Å²) in [5, 5.41) is 19.3. The predicted molar refractivity (Wildman–Crippen MR) is 191 cm³/mol. The van der Waals surface area contributed by atoms with Gasteiger partial charge in [0, 0.05) is 10.8 Å². The van der Waals surface area contributed by atoms with E-state index in [-0.39, 0.29) is 22.3 Å². The van der Waals surface area contributed by atoms with Crippen molar-refractivity contribution in [3.63, 3.8) is 0 Å². The Morgan fingerprint density at radius 1 is 0.396 bits per heavy atom. The van der Waals surface area contributed by atoms with Crippen LogP contribution in [0.3, 0.4) is 0 Å². The number of ether oxygens (including phenoxy) is 2. The number of hydrogen-bond acceptors (Lipinski definition) is 5. The molecule has 6 rings (SSSR count). The number of phenols is 2. The fourth-order valence-electron chi connectivity index (χ4n) is 5.89. The van der Waals surface area contributed by atoms with E-state index >= 15 is 0 Å². The second-order valence-corrected chi connectivity index (χ2v) is 13.0. The fraction of sp³-hybridized carbons (Fsp3) is 0.140. The van der Waals surface area contributed by atoms with Crippen molar-refractivity contribution in [2.24, 2.45) is 0 Å². The van der Waals surface area contributed by atoms with Gasteiger partial charge in [-0.25, -0.2) is 4.79 Å². The Labute approximate surface area is 281 Å². The molecule has 0 fully saturated rings. The number of rotatable bonds is 8. The zero-order chi connectivity index (χ0) is 33.9. The monoisotopic (exact) mass is 634 g/mol. The molecule has 0 aliphatic carbocycles. The Balaban J connectivity index is 1.05. The maximum absolute atomic E-state index is 12.6. The van der Waals surface area contributed by atoms with Crippen molar-refractivity contribution >= 4 is 6.16 Å². The van der Waals surface area contributed by atoms with Crippen molar-refractivity contribution < 1.29 is 24.5 Å². The van der Waals surface area contributed by atoms with Crippen LogP contribution < -0.4 is 9.47 Å². The van der Waals surface area contributed by atoms with Gasteiger partial charge in [-0.2, -0.15) is 0 Å². The smallest absolute Gasteiger partial charge is 0.508 e. The summed E-state index contributed by atoms with van der Waals surface area (Å²) in [6.45, 7) is 8.65. The lowest BCUT2D eigenvalue weighted by molar-refractivity contribution is 0.152. The second-order valence-electron chi connectivity index (χ2n) is 13.0. The normalized spacial score (nSPS) is 11.6. The van der Waals surface area contributed by atoms with Crippen LogP contribution in [0.4, 0.5) is 4.79 Å². The Hall–Kier alpha value is -5.81. The third-order valence-electron chi connectivity index (χ3n) is 9.17. The summed E-state index contributed by atoms with van der Waals surface area (Å²) in [6, 6.07) is 46.1. The van der Waals surface area contributed by atoms with Crippen molar-refractivity contribution in [3.8, 4) is 45.3 Å². The average Bonchev–Trinajstić information content (AvgIpc) is 3.09. The van der Waals surface area contributed by atoms with Gasteiger partial charge in [-0.05, 0) is 93.0 Å². The van der Waals surface area contributed by atoms with Crippen LogP contribution in [0.15, 0.2) is 146 Å². The summed E-state index contributed by atoms with van der Waals surface area (Å²) in [4.78, 5) is 12.6. The maximum Gasteiger partial charge on any atom is 0.519 e. The lowest BCUT2D eigenvalue weighted by Crippen LogP contribution is -2.18. The molecule has 0 amide bonds. The summed E-state index contributed by atoms with van der Waals surface area (Å²) in [5.74, 6) is 1.29. The molecule has 0 unspecified atom stereocenters. The third-order valence-corrected chi connectivity index (χ3v) is 9.17. The Bertz CT molecular complexity index is 1840. The molecule has 0 aliphatic rings. The second kappa shape index (κ2) is 13.1. The number of phenolic OH excluding ortho intramolecular Hbond substituents is 2. The Morgan fingerprint density at radius 3 is 0.896 bits per heavy atom. The molecule has 2 N–H and O–H groups in total. The molecule has 0 spiro atoms. The molecular formula is C43H38O5. The highest BCUT2D eigenvalue weighted by atomic mass is 16.7. The van der Waals surface area contributed by atoms with Crippen molar-refractivity contribution in [1.29, 1.82) is 0 Å². The van der Waals surface area contributed by atoms with Gasteiger partial charge in [-0.3, -0.25) is 0 Å². The van der Waals surface area contributed by atoms with Crippen LogP contribution in [-0.2, 0) is 10.8 Å². The van der Waals surface area contributed by atoms with E-state index in [9.17, 15) is 15.0 Å². The van der Waals surface area contributed by atoms with Crippen LogP contribution in [0.2, 0.25) is 0 Å². The van der Waals surface area contributed by atoms with Crippen molar-refractivity contribution in [2.45, 2.75) is 38.5 Å². The van der Waals surface area contributed by atoms with E-state index in [1.165, 1.54) is 0 Å². The number of carbonyl (C=O) groups is 1. The number of carbonyl (C=O) groups excluding carboxylic acids is 1. The number of hydrogen-bond donors (Lipinski definition) is 2. The zero-order valence-electron chi connectivity index (χ0n) is 27.5. The van der Waals surface area contributed by atoms with Gasteiger partial charge < -0.3 is 19.7 Å². The first-order chi connectivity index (χ1) is 23.0. The lowest BCUT2D eigenvalue weighted by Gasteiger charge is -2.26. The van der Waals surface area contributed by atoms with Crippen LogP contribution in [0.25, 0.3) is 22.3 Å². The molecule has 48 heavy (non-hydrogen) atoms. The van der Waals surface area contributed by atoms with Crippen molar-refractivity contribution in [1.82, 2.24) is 0 Å². The molecule has 0 heterocycles. The van der Waals surface area contributed by atoms with Gasteiger partial charge in [0.1, 0.15) is 23.0 Å². The van der Waals surface area contributed by atoms with Crippen LogP contribution in [0.1, 0.15) is 49.9 Å². The van der Waals surface area contributed by atoms with E-state index in [2.05, 4.69) is 76.2 Å². The van der Waals surface area contributed by atoms with Gasteiger partial charge in [0.05, 0.1) is 0 Å². The largest absolute Gasteiger partial charge is 0.519 e. The first-order valence-electron chi connectivity index (χ1n) is 15.9. The first kappa shape index (κ1) is 32.1. The van der Waals surface area contributed by atoms with Gasteiger partial charge in [0.15, 0.2) is 0 Å². The van der Waals surface area contributed by atoms with Crippen LogP contribution in [0, 0.1) is 0 Å². The molecule has 0 bridgehead atoms. The van der Waals surface area contributed by atoms with Crippen molar-refractivity contribution in [2.75, 3.05) is 0 Å². The number of aromatic hydroxyl groups is 2. The number of benzene rings is 6. The highest BCUT2D eigenvalue weighted by Crippen LogP contribution is 2.35. The third kappa shape index (κ3) is 6.96. The van der Waals surface area contributed by atoms with Crippen LogP contribution in [-0.4, -0.2) is 16.4 Å². The minimum atomic E-state index is -0.808. The minimum Gasteiger partial charge on any atom is -0.508 e. The molecule has 6 aromatic carbocycles. The van der Waals surface area contributed by atoms with E-state index in [4.69, 9.17) is 9.47 Å².